The summed E-state index contributed by atoms with van der Waals surface area (Å²) in [6, 6.07) is 0. The first-order valence-electron chi connectivity index (χ1n) is 7.01. The van der Waals surface area contributed by atoms with Gasteiger partial charge in [-0.15, -0.1) is 0 Å². The summed E-state index contributed by atoms with van der Waals surface area (Å²) in [5.74, 6) is 0. The van der Waals surface area contributed by atoms with E-state index >= 15 is 0 Å². The lowest BCUT2D eigenvalue weighted by Gasteiger charge is -2.27. The molecule has 1 rings (SSSR count). The van der Waals surface area contributed by atoms with Gasteiger partial charge in [0.2, 0.25) is 6.41 Å². The van der Waals surface area contributed by atoms with E-state index in [1.165, 1.54) is 0 Å². The van der Waals surface area contributed by atoms with Crippen molar-refractivity contribution < 1.29 is 15.0 Å². The molecule has 112 valence electrons. The van der Waals surface area contributed by atoms with Crippen LogP contribution in [-0.4, -0.2) is 95.9 Å². The molecule has 0 aromatic heterocycles. The Morgan fingerprint density at radius 1 is 0.895 bits per heavy atom. The molecular formula is C13H27N3O3. The molecule has 0 aromatic carbocycles. The van der Waals surface area contributed by atoms with Crippen molar-refractivity contribution in [2.75, 3.05) is 52.4 Å². The molecule has 1 aliphatic rings. The van der Waals surface area contributed by atoms with Gasteiger partial charge in [-0.3, -0.25) is 14.6 Å². The van der Waals surface area contributed by atoms with Gasteiger partial charge in [0.05, 0.1) is 12.2 Å². The van der Waals surface area contributed by atoms with Crippen molar-refractivity contribution in [3.63, 3.8) is 0 Å². The minimum Gasteiger partial charge on any atom is -0.392 e. The van der Waals surface area contributed by atoms with Gasteiger partial charge in [0, 0.05) is 52.4 Å². The van der Waals surface area contributed by atoms with E-state index in [1.807, 2.05) is 0 Å². The van der Waals surface area contributed by atoms with Crippen LogP contribution in [0.3, 0.4) is 0 Å². The van der Waals surface area contributed by atoms with E-state index in [1.54, 1.807) is 18.7 Å². The summed E-state index contributed by atoms with van der Waals surface area (Å²) in [7, 11) is 0. The van der Waals surface area contributed by atoms with Gasteiger partial charge in [0.15, 0.2) is 0 Å². The highest BCUT2D eigenvalue weighted by Gasteiger charge is 2.17. The second-order valence-electron chi connectivity index (χ2n) is 5.44. The van der Waals surface area contributed by atoms with Crippen LogP contribution in [0.2, 0.25) is 0 Å². The van der Waals surface area contributed by atoms with E-state index in [0.717, 1.165) is 32.6 Å². The van der Waals surface area contributed by atoms with Crippen LogP contribution < -0.4 is 0 Å². The Kier molecular flexibility index (Phi) is 7.30. The molecule has 1 saturated heterocycles. The maximum absolute atomic E-state index is 11.0. The molecule has 0 radical (unpaired) electrons. The molecule has 2 atom stereocenters. The molecule has 1 aliphatic heterocycles. The third-order valence-corrected chi connectivity index (χ3v) is 3.33. The Labute approximate surface area is 115 Å². The third-order valence-electron chi connectivity index (χ3n) is 3.33. The highest BCUT2D eigenvalue weighted by atomic mass is 16.3. The molecular weight excluding hydrogens is 246 g/mol. The Bertz CT molecular complexity index is 240. The van der Waals surface area contributed by atoms with E-state index in [9.17, 15) is 15.0 Å². The quantitative estimate of drug-likeness (QED) is 0.618. The van der Waals surface area contributed by atoms with E-state index in [0.29, 0.717) is 26.2 Å². The zero-order chi connectivity index (χ0) is 14.3. The topological polar surface area (TPSA) is 67.2 Å². The molecule has 0 aliphatic carbocycles. The summed E-state index contributed by atoms with van der Waals surface area (Å²) in [6.07, 6.45) is 0.151. The number of β-amino-alcohol motifs (C(OH)–C–C–N with tert-alkyl or cyclic N) is 2. The zero-order valence-electron chi connectivity index (χ0n) is 12.0. The number of nitrogens with zero attached hydrogens (tertiary/aromatic N) is 3. The van der Waals surface area contributed by atoms with Crippen molar-refractivity contribution in [2.45, 2.75) is 26.1 Å². The molecule has 6 nitrogen and oxygen atoms in total. The molecule has 1 fully saturated rings. The normalized spacial score (nSPS) is 23.3. The van der Waals surface area contributed by atoms with Crippen molar-refractivity contribution in [3.05, 3.63) is 0 Å². The third kappa shape index (κ3) is 6.87. The molecule has 19 heavy (non-hydrogen) atoms. The molecule has 0 saturated carbocycles. The van der Waals surface area contributed by atoms with Crippen molar-refractivity contribution >= 4 is 6.41 Å². The predicted octanol–water partition coefficient (Wildman–Crippen LogP) is -1.18. The number of amides is 1. The zero-order valence-corrected chi connectivity index (χ0v) is 12.0. The Morgan fingerprint density at radius 3 is 1.58 bits per heavy atom. The largest absolute Gasteiger partial charge is 0.392 e. The first-order valence-corrected chi connectivity index (χ1v) is 7.01. The Hall–Kier alpha value is -0.690. The second-order valence-corrected chi connectivity index (χ2v) is 5.44. The van der Waals surface area contributed by atoms with E-state index in [-0.39, 0.29) is 12.2 Å². The van der Waals surface area contributed by atoms with Crippen LogP contribution in [0.1, 0.15) is 13.8 Å². The van der Waals surface area contributed by atoms with E-state index < -0.39 is 0 Å². The molecule has 1 heterocycles. The smallest absolute Gasteiger partial charge is 0.209 e. The minimum absolute atomic E-state index is 0.365. The summed E-state index contributed by atoms with van der Waals surface area (Å²) < 4.78 is 0. The Morgan fingerprint density at radius 2 is 1.26 bits per heavy atom. The summed E-state index contributed by atoms with van der Waals surface area (Å²) in [5, 5.41) is 19.0. The highest BCUT2D eigenvalue weighted by molar-refractivity contribution is 5.46. The lowest BCUT2D eigenvalue weighted by Crippen LogP contribution is -2.41. The van der Waals surface area contributed by atoms with Crippen molar-refractivity contribution in [3.8, 4) is 0 Å². The predicted molar refractivity (Wildman–Crippen MR) is 73.9 cm³/mol. The SMILES string of the molecule is CC(O)CN1CCN(C=O)CCN(CC(C)O)CC1. The number of aliphatic hydroxyl groups is 2. The van der Waals surface area contributed by atoms with E-state index in [4.69, 9.17) is 0 Å². The average molecular weight is 273 g/mol. The van der Waals surface area contributed by atoms with Crippen molar-refractivity contribution in [1.82, 2.24) is 14.7 Å². The van der Waals surface area contributed by atoms with Crippen LogP contribution in [0.15, 0.2) is 0 Å². The molecule has 0 spiro atoms. The molecule has 0 aromatic rings. The number of carbonyl (C=O) groups is 1. The van der Waals surface area contributed by atoms with Crippen LogP contribution in [0, 0.1) is 0 Å². The van der Waals surface area contributed by atoms with Gasteiger partial charge < -0.3 is 15.1 Å². The van der Waals surface area contributed by atoms with Gasteiger partial charge in [-0.2, -0.15) is 0 Å². The van der Waals surface area contributed by atoms with Crippen LogP contribution in [-0.2, 0) is 4.79 Å². The monoisotopic (exact) mass is 273 g/mol. The van der Waals surface area contributed by atoms with E-state index in [2.05, 4.69) is 9.80 Å². The van der Waals surface area contributed by atoms with Crippen molar-refractivity contribution in [1.29, 1.82) is 0 Å². The maximum Gasteiger partial charge on any atom is 0.209 e. The lowest BCUT2D eigenvalue weighted by atomic mass is 10.3. The van der Waals surface area contributed by atoms with Crippen molar-refractivity contribution in [2.24, 2.45) is 0 Å². The fourth-order valence-electron chi connectivity index (χ4n) is 2.38. The first kappa shape index (κ1) is 16.4. The maximum atomic E-state index is 11.0. The highest BCUT2D eigenvalue weighted by Crippen LogP contribution is 2.01. The van der Waals surface area contributed by atoms with Crippen LogP contribution >= 0.6 is 0 Å². The number of hydrogen-bond acceptors (Lipinski definition) is 5. The van der Waals surface area contributed by atoms with Crippen LogP contribution in [0.25, 0.3) is 0 Å². The molecule has 1 amide bonds. The first-order chi connectivity index (χ1) is 9.01. The number of carbonyl (C=O) groups excluding carboxylic acids is 1. The summed E-state index contributed by atoms with van der Waals surface area (Å²) in [4.78, 5) is 17.1. The fraction of sp³-hybridized carbons (Fsp3) is 0.923. The van der Waals surface area contributed by atoms with Crippen LogP contribution in [0.4, 0.5) is 0 Å². The summed E-state index contributed by atoms with van der Waals surface area (Å²) in [6.45, 7) is 9.45. The standard InChI is InChI=1S/C13H27N3O3/c1-12(18)9-14-3-4-15(10-13(2)19)6-8-16(11-17)7-5-14/h11-13,18-19H,3-10H2,1-2H3. The van der Waals surface area contributed by atoms with Gasteiger partial charge >= 0.3 is 0 Å². The summed E-state index contributed by atoms with van der Waals surface area (Å²) in [5.41, 5.74) is 0. The number of rotatable bonds is 5. The number of hydrogen-bond donors (Lipinski definition) is 2. The lowest BCUT2D eigenvalue weighted by molar-refractivity contribution is -0.118. The van der Waals surface area contributed by atoms with Gasteiger partial charge in [-0.1, -0.05) is 0 Å². The van der Waals surface area contributed by atoms with Gasteiger partial charge in [0.1, 0.15) is 0 Å². The molecule has 0 bridgehead atoms. The van der Waals surface area contributed by atoms with Gasteiger partial charge in [-0.25, -0.2) is 0 Å². The van der Waals surface area contributed by atoms with Crippen LogP contribution in [0.5, 0.6) is 0 Å². The molecule has 2 N–H and O–H groups in total. The number of aliphatic hydroxyl groups excluding tert-OH is 2. The summed E-state index contributed by atoms with van der Waals surface area (Å²) >= 11 is 0. The molecule has 2 unspecified atom stereocenters. The van der Waals surface area contributed by atoms with Gasteiger partial charge in [-0.05, 0) is 13.8 Å². The minimum atomic E-state index is -0.365. The Balaban J connectivity index is 2.58. The second kappa shape index (κ2) is 8.47. The molecule has 6 heteroatoms. The fourth-order valence-corrected chi connectivity index (χ4v) is 2.38. The average Bonchev–Trinajstić information content (AvgIpc) is 2.41. The van der Waals surface area contributed by atoms with Gasteiger partial charge in [0.25, 0.3) is 0 Å².